The van der Waals surface area contributed by atoms with Crippen LogP contribution >= 0.6 is 15.9 Å². The van der Waals surface area contributed by atoms with Gasteiger partial charge in [-0.2, -0.15) is 0 Å². The van der Waals surface area contributed by atoms with Crippen LogP contribution in [-0.4, -0.2) is 18.2 Å². The number of ketones is 1. The molecule has 3 nitrogen and oxygen atoms in total. The van der Waals surface area contributed by atoms with Crippen LogP contribution in [0.4, 0.5) is 5.69 Å². The molecule has 18 heavy (non-hydrogen) atoms. The number of benzene rings is 2. The lowest BCUT2D eigenvalue weighted by molar-refractivity contribution is -0.121. The van der Waals surface area contributed by atoms with Crippen LogP contribution in [0.3, 0.4) is 0 Å². The summed E-state index contributed by atoms with van der Waals surface area (Å²) < 4.78 is 1.02. The Morgan fingerprint density at radius 2 is 1.72 bits per heavy atom. The minimum atomic E-state index is -0.114. The van der Waals surface area contributed by atoms with Crippen molar-refractivity contribution < 1.29 is 9.59 Å². The van der Waals surface area contributed by atoms with Crippen LogP contribution in [0.15, 0.2) is 40.9 Å². The number of hydrogen-bond donors (Lipinski definition) is 0. The molecule has 0 spiro atoms. The first-order valence-electron chi connectivity index (χ1n) is 5.65. The van der Waals surface area contributed by atoms with E-state index in [1.807, 2.05) is 36.4 Å². The van der Waals surface area contributed by atoms with Crippen LogP contribution in [0, 0.1) is 0 Å². The maximum atomic E-state index is 11.7. The third kappa shape index (κ3) is 1.93. The topological polar surface area (TPSA) is 37.4 Å². The smallest absolute Gasteiger partial charge is 0.234 e. The Balaban J connectivity index is 2.06. The molecule has 1 amide bonds. The molecule has 1 aliphatic heterocycles. The zero-order valence-electron chi connectivity index (χ0n) is 9.52. The Bertz CT molecular complexity index is 666. The fourth-order valence-electron chi connectivity index (χ4n) is 2.19. The highest BCUT2D eigenvalue weighted by atomic mass is 79.9. The van der Waals surface area contributed by atoms with Crippen LogP contribution in [0.1, 0.15) is 6.42 Å². The van der Waals surface area contributed by atoms with Crippen molar-refractivity contribution >= 4 is 44.1 Å². The molecular weight excluding hydrogens is 294 g/mol. The van der Waals surface area contributed by atoms with Crippen molar-refractivity contribution in [3.8, 4) is 0 Å². The van der Waals surface area contributed by atoms with Crippen molar-refractivity contribution in [1.82, 2.24) is 0 Å². The summed E-state index contributed by atoms with van der Waals surface area (Å²) in [6.45, 7) is 0.195. The summed E-state index contributed by atoms with van der Waals surface area (Å²) in [4.78, 5) is 24.5. The quantitative estimate of drug-likeness (QED) is 0.760. The van der Waals surface area contributed by atoms with Gasteiger partial charge in [-0.1, -0.05) is 28.1 Å². The second kappa shape index (κ2) is 4.21. The molecule has 0 unspecified atom stereocenters. The van der Waals surface area contributed by atoms with E-state index in [9.17, 15) is 9.59 Å². The van der Waals surface area contributed by atoms with Crippen LogP contribution in [0.2, 0.25) is 0 Å². The van der Waals surface area contributed by atoms with E-state index in [-0.39, 0.29) is 24.7 Å². The maximum absolute atomic E-state index is 11.7. The molecular formula is C14H10BrNO2. The van der Waals surface area contributed by atoms with Gasteiger partial charge in [0.05, 0.1) is 13.0 Å². The molecule has 2 aromatic carbocycles. The van der Waals surface area contributed by atoms with E-state index in [1.165, 1.54) is 0 Å². The number of halogens is 1. The minimum Gasteiger partial charge on any atom is -0.305 e. The Hall–Kier alpha value is -1.68. The molecule has 0 saturated carbocycles. The lowest BCUT2D eigenvalue weighted by Crippen LogP contribution is -2.24. The second-order valence-corrected chi connectivity index (χ2v) is 5.29. The lowest BCUT2D eigenvalue weighted by Gasteiger charge is -2.15. The number of anilines is 1. The highest BCUT2D eigenvalue weighted by Crippen LogP contribution is 2.26. The summed E-state index contributed by atoms with van der Waals surface area (Å²) in [6.07, 6.45) is 0.0262. The molecule has 1 aliphatic rings. The molecule has 0 atom stereocenters. The number of amides is 1. The standard InChI is InChI=1S/C14H10BrNO2/c15-11-3-1-10-6-12(4-2-9(10)5-11)16-8-13(17)7-14(16)18/h1-6H,7-8H2. The molecule has 1 saturated heterocycles. The number of rotatable bonds is 1. The molecule has 3 rings (SSSR count). The van der Waals surface area contributed by atoms with E-state index in [0.29, 0.717) is 0 Å². The highest BCUT2D eigenvalue weighted by Gasteiger charge is 2.28. The predicted octanol–water partition coefficient (Wildman–Crippen LogP) is 2.91. The first kappa shape index (κ1) is 11.4. The summed E-state index contributed by atoms with van der Waals surface area (Å²) >= 11 is 3.43. The van der Waals surface area contributed by atoms with Gasteiger partial charge >= 0.3 is 0 Å². The first-order valence-corrected chi connectivity index (χ1v) is 6.44. The Morgan fingerprint density at radius 3 is 2.44 bits per heavy atom. The molecule has 0 aliphatic carbocycles. The van der Waals surface area contributed by atoms with Crippen molar-refractivity contribution in [3.05, 3.63) is 40.9 Å². The highest BCUT2D eigenvalue weighted by molar-refractivity contribution is 9.10. The lowest BCUT2D eigenvalue weighted by atomic mass is 10.1. The van der Waals surface area contributed by atoms with Crippen molar-refractivity contribution in [3.63, 3.8) is 0 Å². The summed E-state index contributed by atoms with van der Waals surface area (Å²) in [5, 5.41) is 2.16. The van der Waals surface area contributed by atoms with Crippen LogP contribution in [-0.2, 0) is 9.59 Å². The number of Topliss-reactive ketones (excluding diaryl/α,β-unsaturated/α-hetero) is 1. The number of carbonyl (C=O) groups is 2. The molecule has 0 radical (unpaired) electrons. The van der Waals surface area contributed by atoms with Gasteiger partial charge < -0.3 is 4.90 Å². The monoisotopic (exact) mass is 303 g/mol. The van der Waals surface area contributed by atoms with Crippen LogP contribution in [0.5, 0.6) is 0 Å². The van der Waals surface area contributed by atoms with Gasteiger partial charge in [0.1, 0.15) is 0 Å². The van der Waals surface area contributed by atoms with Gasteiger partial charge in [-0.05, 0) is 35.0 Å². The minimum absolute atomic E-state index is 0.0177. The van der Waals surface area contributed by atoms with Crippen molar-refractivity contribution in [2.45, 2.75) is 6.42 Å². The number of fused-ring (bicyclic) bond motifs is 1. The normalized spacial score (nSPS) is 15.7. The number of hydrogen-bond acceptors (Lipinski definition) is 2. The third-order valence-electron chi connectivity index (χ3n) is 3.08. The van der Waals surface area contributed by atoms with Crippen molar-refractivity contribution in [1.29, 1.82) is 0 Å². The van der Waals surface area contributed by atoms with E-state index < -0.39 is 0 Å². The van der Waals surface area contributed by atoms with E-state index in [1.54, 1.807) is 4.90 Å². The summed E-state index contributed by atoms with van der Waals surface area (Å²) in [6, 6.07) is 11.8. The largest absolute Gasteiger partial charge is 0.305 e. The summed E-state index contributed by atoms with van der Waals surface area (Å²) in [7, 11) is 0. The predicted molar refractivity (Wildman–Crippen MR) is 73.6 cm³/mol. The molecule has 90 valence electrons. The van der Waals surface area contributed by atoms with E-state index >= 15 is 0 Å². The van der Waals surface area contributed by atoms with Crippen LogP contribution < -0.4 is 4.90 Å². The van der Waals surface area contributed by atoms with Gasteiger partial charge in [-0.15, -0.1) is 0 Å². The maximum Gasteiger partial charge on any atom is 0.234 e. The zero-order valence-corrected chi connectivity index (χ0v) is 11.1. The van der Waals surface area contributed by atoms with Gasteiger partial charge in [0.2, 0.25) is 5.91 Å². The van der Waals surface area contributed by atoms with E-state index in [2.05, 4.69) is 15.9 Å². The number of nitrogens with zero attached hydrogens (tertiary/aromatic N) is 1. The van der Waals surface area contributed by atoms with Gasteiger partial charge in [-0.3, -0.25) is 9.59 Å². The molecule has 1 fully saturated rings. The van der Waals surface area contributed by atoms with E-state index in [4.69, 9.17) is 0 Å². The molecule has 4 heteroatoms. The Kier molecular flexibility index (Phi) is 2.67. The zero-order chi connectivity index (χ0) is 12.7. The molecule has 0 aromatic heterocycles. The summed E-state index contributed by atoms with van der Waals surface area (Å²) in [5.74, 6) is -0.132. The van der Waals surface area contributed by atoms with Gasteiger partial charge in [0.15, 0.2) is 5.78 Å². The van der Waals surface area contributed by atoms with Gasteiger partial charge in [0, 0.05) is 10.2 Å². The third-order valence-corrected chi connectivity index (χ3v) is 3.57. The first-order chi connectivity index (χ1) is 8.63. The van der Waals surface area contributed by atoms with E-state index in [0.717, 1.165) is 20.9 Å². The molecule has 0 N–H and O–H groups in total. The van der Waals surface area contributed by atoms with Crippen LogP contribution in [0.25, 0.3) is 10.8 Å². The fraction of sp³-hybridized carbons (Fsp3) is 0.143. The average molecular weight is 304 g/mol. The van der Waals surface area contributed by atoms with Gasteiger partial charge in [0.25, 0.3) is 0 Å². The van der Waals surface area contributed by atoms with Crippen molar-refractivity contribution in [2.75, 3.05) is 11.4 Å². The molecule has 1 heterocycles. The number of carbonyl (C=O) groups excluding carboxylic acids is 2. The SMILES string of the molecule is O=C1CC(=O)N(c2ccc3cc(Br)ccc3c2)C1. The van der Waals surface area contributed by atoms with Crippen molar-refractivity contribution in [2.24, 2.45) is 0 Å². The molecule has 2 aromatic rings. The van der Waals surface area contributed by atoms with Gasteiger partial charge in [-0.25, -0.2) is 0 Å². The fourth-order valence-corrected chi connectivity index (χ4v) is 2.57. The Labute approximate surface area is 113 Å². The average Bonchev–Trinajstić information content (AvgIpc) is 2.68. The summed E-state index contributed by atoms with van der Waals surface area (Å²) in [5.41, 5.74) is 0.792. The Morgan fingerprint density at radius 1 is 1.00 bits per heavy atom. The second-order valence-electron chi connectivity index (χ2n) is 4.37. The molecule has 0 bridgehead atoms.